The van der Waals surface area contributed by atoms with Gasteiger partial charge < -0.3 is 15.8 Å². The molecule has 0 heterocycles. The van der Waals surface area contributed by atoms with E-state index in [1.807, 2.05) is 13.8 Å². The molecular weight excluding hydrogens is 192 g/mol. The average Bonchev–Trinajstić information content (AvgIpc) is 2.61. The highest BCUT2D eigenvalue weighted by molar-refractivity contribution is 5.79. The highest BCUT2D eigenvalue weighted by Gasteiger charge is 2.29. The van der Waals surface area contributed by atoms with Gasteiger partial charge >= 0.3 is 0 Å². The maximum absolute atomic E-state index is 11.7. The van der Waals surface area contributed by atoms with Crippen molar-refractivity contribution in [3.8, 4) is 0 Å². The first-order valence-electron chi connectivity index (χ1n) is 5.80. The number of rotatable bonds is 5. The van der Waals surface area contributed by atoms with Gasteiger partial charge in [0.05, 0.1) is 12.0 Å². The van der Waals surface area contributed by atoms with Crippen molar-refractivity contribution < 1.29 is 9.53 Å². The summed E-state index contributed by atoms with van der Waals surface area (Å²) < 4.78 is 5.34. The van der Waals surface area contributed by atoms with E-state index in [0.717, 1.165) is 19.3 Å². The second-order valence-corrected chi connectivity index (χ2v) is 4.21. The van der Waals surface area contributed by atoms with Gasteiger partial charge in [-0.3, -0.25) is 4.79 Å². The minimum absolute atomic E-state index is 0.0128. The Morgan fingerprint density at radius 1 is 1.60 bits per heavy atom. The molecule has 0 aromatic rings. The number of amides is 1. The molecule has 3 unspecified atom stereocenters. The fraction of sp³-hybridized carbons (Fsp3) is 0.909. The van der Waals surface area contributed by atoms with E-state index in [0.29, 0.717) is 13.2 Å². The Kier molecular flexibility index (Phi) is 5.05. The summed E-state index contributed by atoms with van der Waals surface area (Å²) in [5, 5.41) is 2.90. The molecule has 1 aliphatic carbocycles. The lowest BCUT2D eigenvalue weighted by Gasteiger charge is -2.17. The number of nitrogens with two attached hydrogens (primary N) is 1. The molecule has 3 N–H and O–H groups in total. The van der Waals surface area contributed by atoms with Gasteiger partial charge in [-0.05, 0) is 26.7 Å². The van der Waals surface area contributed by atoms with Gasteiger partial charge in [-0.25, -0.2) is 0 Å². The standard InChI is InChI=1S/C11H22N2O2/c1-3-15-8(2)7-13-11(14)9-5-4-6-10(9)12/h8-10H,3-7,12H2,1-2H3,(H,13,14). The van der Waals surface area contributed by atoms with E-state index in [2.05, 4.69) is 5.32 Å². The van der Waals surface area contributed by atoms with Crippen LogP contribution in [0.4, 0.5) is 0 Å². The van der Waals surface area contributed by atoms with Crippen molar-refractivity contribution in [3.63, 3.8) is 0 Å². The number of carbonyl (C=O) groups is 1. The average molecular weight is 214 g/mol. The smallest absolute Gasteiger partial charge is 0.224 e. The summed E-state index contributed by atoms with van der Waals surface area (Å²) in [5.41, 5.74) is 5.85. The minimum atomic E-state index is 0.0128. The Labute approximate surface area is 91.5 Å². The van der Waals surface area contributed by atoms with Crippen molar-refractivity contribution in [1.29, 1.82) is 0 Å². The zero-order valence-electron chi connectivity index (χ0n) is 9.66. The molecule has 88 valence electrons. The number of nitrogens with one attached hydrogen (secondary N) is 1. The van der Waals surface area contributed by atoms with Gasteiger partial charge in [-0.1, -0.05) is 6.42 Å². The molecule has 0 bridgehead atoms. The summed E-state index contributed by atoms with van der Waals surface area (Å²) >= 11 is 0. The predicted molar refractivity (Wildman–Crippen MR) is 59.4 cm³/mol. The first-order valence-corrected chi connectivity index (χ1v) is 5.80. The summed E-state index contributed by atoms with van der Waals surface area (Å²) in [5.74, 6) is 0.102. The van der Waals surface area contributed by atoms with Crippen LogP contribution < -0.4 is 11.1 Å². The van der Waals surface area contributed by atoms with E-state index in [1.165, 1.54) is 0 Å². The van der Waals surface area contributed by atoms with Crippen molar-refractivity contribution in [2.45, 2.75) is 45.3 Å². The zero-order valence-corrected chi connectivity index (χ0v) is 9.66. The number of carbonyl (C=O) groups excluding carboxylic acids is 1. The molecule has 1 fully saturated rings. The number of hydrogen-bond acceptors (Lipinski definition) is 3. The van der Waals surface area contributed by atoms with Gasteiger partial charge in [-0.2, -0.15) is 0 Å². The van der Waals surface area contributed by atoms with Crippen LogP contribution in [0.1, 0.15) is 33.1 Å². The largest absolute Gasteiger partial charge is 0.377 e. The van der Waals surface area contributed by atoms with E-state index in [4.69, 9.17) is 10.5 Å². The van der Waals surface area contributed by atoms with Crippen molar-refractivity contribution in [2.24, 2.45) is 11.7 Å². The maximum atomic E-state index is 11.7. The Morgan fingerprint density at radius 3 is 2.87 bits per heavy atom. The summed E-state index contributed by atoms with van der Waals surface area (Å²) in [6.07, 6.45) is 3.05. The van der Waals surface area contributed by atoms with Crippen molar-refractivity contribution in [1.82, 2.24) is 5.32 Å². The molecule has 4 nitrogen and oxygen atoms in total. The van der Waals surface area contributed by atoms with Gasteiger partial charge in [0.25, 0.3) is 0 Å². The fourth-order valence-electron chi connectivity index (χ4n) is 2.03. The molecule has 15 heavy (non-hydrogen) atoms. The minimum Gasteiger partial charge on any atom is -0.377 e. The predicted octanol–water partition coefficient (Wildman–Crippen LogP) is 0.655. The second kappa shape index (κ2) is 6.08. The molecule has 0 aromatic heterocycles. The van der Waals surface area contributed by atoms with Crippen LogP contribution in [-0.2, 0) is 9.53 Å². The van der Waals surface area contributed by atoms with E-state index >= 15 is 0 Å². The maximum Gasteiger partial charge on any atom is 0.224 e. The quantitative estimate of drug-likeness (QED) is 0.706. The molecule has 0 saturated heterocycles. The molecule has 1 amide bonds. The molecule has 3 atom stereocenters. The molecule has 0 aliphatic heterocycles. The van der Waals surface area contributed by atoms with Gasteiger partial charge in [0.2, 0.25) is 5.91 Å². The Balaban J connectivity index is 2.23. The topological polar surface area (TPSA) is 64.3 Å². The normalized spacial score (nSPS) is 27.7. The highest BCUT2D eigenvalue weighted by atomic mass is 16.5. The van der Waals surface area contributed by atoms with Crippen LogP contribution in [0.3, 0.4) is 0 Å². The van der Waals surface area contributed by atoms with E-state index in [-0.39, 0.29) is 24.0 Å². The van der Waals surface area contributed by atoms with Crippen molar-refractivity contribution in [3.05, 3.63) is 0 Å². The molecule has 4 heteroatoms. The van der Waals surface area contributed by atoms with Crippen molar-refractivity contribution >= 4 is 5.91 Å². The van der Waals surface area contributed by atoms with Crippen LogP contribution in [0, 0.1) is 5.92 Å². The third-order valence-corrected chi connectivity index (χ3v) is 2.92. The van der Waals surface area contributed by atoms with Crippen LogP contribution in [0.2, 0.25) is 0 Å². The van der Waals surface area contributed by atoms with Gasteiger partial charge in [0, 0.05) is 19.2 Å². The summed E-state index contributed by atoms with van der Waals surface area (Å²) in [6, 6.07) is 0.0485. The highest BCUT2D eigenvalue weighted by Crippen LogP contribution is 2.23. The molecule has 0 spiro atoms. The molecule has 1 saturated carbocycles. The summed E-state index contributed by atoms with van der Waals surface area (Å²) in [7, 11) is 0. The number of ether oxygens (including phenoxy) is 1. The first-order chi connectivity index (χ1) is 7.15. The van der Waals surface area contributed by atoms with Crippen LogP contribution in [0.15, 0.2) is 0 Å². The van der Waals surface area contributed by atoms with E-state index in [1.54, 1.807) is 0 Å². The van der Waals surface area contributed by atoms with Crippen LogP contribution in [-0.4, -0.2) is 31.2 Å². The van der Waals surface area contributed by atoms with Gasteiger partial charge in [0.15, 0.2) is 0 Å². The molecule has 0 radical (unpaired) electrons. The van der Waals surface area contributed by atoms with Gasteiger partial charge in [-0.15, -0.1) is 0 Å². The molecule has 1 aliphatic rings. The van der Waals surface area contributed by atoms with Crippen LogP contribution in [0.25, 0.3) is 0 Å². The van der Waals surface area contributed by atoms with Crippen LogP contribution >= 0.6 is 0 Å². The van der Waals surface area contributed by atoms with Crippen LogP contribution in [0.5, 0.6) is 0 Å². The summed E-state index contributed by atoms with van der Waals surface area (Å²) in [6.45, 7) is 5.17. The van der Waals surface area contributed by atoms with Gasteiger partial charge in [0.1, 0.15) is 0 Å². The Morgan fingerprint density at radius 2 is 2.33 bits per heavy atom. The zero-order chi connectivity index (χ0) is 11.3. The Hall–Kier alpha value is -0.610. The molecular formula is C11H22N2O2. The third kappa shape index (κ3) is 3.80. The van der Waals surface area contributed by atoms with Crippen molar-refractivity contribution in [2.75, 3.05) is 13.2 Å². The Bertz CT molecular complexity index is 209. The first kappa shape index (κ1) is 12.5. The summed E-state index contributed by atoms with van der Waals surface area (Å²) in [4.78, 5) is 11.7. The van der Waals surface area contributed by atoms with E-state index in [9.17, 15) is 4.79 Å². The lowest BCUT2D eigenvalue weighted by Crippen LogP contribution is -2.41. The van der Waals surface area contributed by atoms with E-state index < -0.39 is 0 Å². The lowest BCUT2D eigenvalue weighted by atomic mass is 10.0. The SMILES string of the molecule is CCOC(C)CNC(=O)C1CCCC1N. The molecule has 0 aromatic carbocycles. The molecule has 1 rings (SSSR count). The number of hydrogen-bond donors (Lipinski definition) is 2. The monoisotopic (exact) mass is 214 g/mol. The third-order valence-electron chi connectivity index (χ3n) is 2.92. The lowest BCUT2D eigenvalue weighted by molar-refractivity contribution is -0.125. The fourth-order valence-corrected chi connectivity index (χ4v) is 2.03. The second-order valence-electron chi connectivity index (χ2n) is 4.21.